The predicted octanol–water partition coefficient (Wildman–Crippen LogP) is 3.48. The summed E-state index contributed by atoms with van der Waals surface area (Å²) >= 11 is 0. The SMILES string of the molecule is CN1CCCC(n2cnc3cc(-c4ccc(C(F)(F)F)cc4O)nnc32)C1. The number of alkyl halides is 3. The zero-order chi connectivity index (χ0) is 19.2. The normalized spacial score (nSPS) is 18.9. The van der Waals surface area contributed by atoms with Gasteiger partial charge in [0, 0.05) is 18.2 Å². The fraction of sp³-hybridized carbons (Fsp3) is 0.389. The number of imidazole rings is 1. The standard InChI is InChI=1S/C18H18F3N5O/c1-25-6-2-3-12(9-25)26-10-22-15-8-14(23-24-17(15)26)13-5-4-11(7-16(13)27)18(19,20)21/h4-5,7-8,10,12,27H,2-3,6,9H2,1H3. The van der Waals surface area contributed by atoms with Gasteiger partial charge in [-0.25, -0.2) is 4.98 Å². The Balaban J connectivity index is 1.69. The molecule has 1 aliphatic heterocycles. The molecule has 0 aliphatic carbocycles. The van der Waals surface area contributed by atoms with Crippen molar-refractivity contribution in [2.24, 2.45) is 0 Å². The first-order chi connectivity index (χ1) is 12.8. The minimum Gasteiger partial charge on any atom is -0.507 e. The molecule has 2 aromatic heterocycles. The Labute approximate surface area is 153 Å². The summed E-state index contributed by atoms with van der Waals surface area (Å²) < 4.78 is 40.3. The minimum atomic E-state index is -4.52. The molecule has 1 N–H and O–H groups in total. The maximum atomic E-state index is 12.8. The van der Waals surface area contributed by atoms with Gasteiger partial charge in [0.15, 0.2) is 5.65 Å². The zero-order valence-corrected chi connectivity index (χ0v) is 14.6. The fourth-order valence-corrected chi connectivity index (χ4v) is 3.52. The van der Waals surface area contributed by atoms with E-state index in [0.29, 0.717) is 17.2 Å². The maximum absolute atomic E-state index is 12.8. The second-order valence-electron chi connectivity index (χ2n) is 6.88. The van der Waals surface area contributed by atoms with Crippen molar-refractivity contribution in [3.63, 3.8) is 0 Å². The number of phenols is 1. The number of aromatic nitrogens is 4. The molecule has 1 unspecified atom stereocenters. The van der Waals surface area contributed by atoms with E-state index in [-0.39, 0.29) is 17.3 Å². The molecule has 1 aliphatic rings. The van der Waals surface area contributed by atoms with Crippen LogP contribution < -0.4 is 0 Å². The van der Waals surface area contributed by atoms with Gasteiger partial charge in [-0.15, -0.1) is 10.2 Å². The average Bonchev–Trinajstić information content (AvgIpc) is 3.04. The molecule has 0 amide bonds. The van der Waals surface area contributed by atoms with Crippen LogP contribution in [0.3, 0.4) is 0 Å². The lowest BCUT2D eigenvalue weighted by Crippen LogP contribution is -2.33. The highest BCUT2D eigenvalue weighted by Crippen LogP contribution is 2.36. The van der Waals surface area contributed by atoms with E-state index >= 15 is 0 Å². The number of aromatic hydroxyl groups is 1. The number of rotatable bonds is 2. The monoisotopic (exact) mass is 377 g/mol. The van der Waals surface area contributed by atoms with E-state index in [0.717, 1.165) is 32.0 Å². The zero-order valence-electron chi connectivity index (χ0n) is 14.6. The lowest BCUT2D eigenvalue weighted by atomic mass is 10.1. The molecule has 3 aromatic rings. The van der Waals surface area contributed by atoms with Gasteiger partial charge in [0.1, 0.15) is 11.3 Å². The van der Waals surface area contributed by atoms with Crippen LogP contribution in [0.25, 0.3) is 22.4 Å². The van der Waals surface area contributed by atoms with Gasteiger partial charge in [-0.3, -0.25) is 0 Å². The van der Waals surface area contributed by atoms with E-state index in [1.54, 1.807) is 12.4 Å². The number of halogens is 3. The summed E-state index contributed by atoms with van der Waals surface area (Å²) in [5, 5.41) is 18.4. The Bertz CT molecular complexity index is 985. The summed E-state index contributed by atoms with van der Waals surface area (Å²) in [6.07, 6.45) is -0.679. The Morgan fingerprint density at radius 2 is 2.00 bits per heavy atom. The van der Waals surface area contributed by atoms with E-state index in [1.807, 2.05) is 4.57 Å². The minimum absolute atomic E-state index is 0.185. The molecule has 0 spiro atoms. The van der Waals surface area contributed by atoms with Gasteiger partial charge in [0.05, 0.1) is 17.6 Å². The third-order valence-corrected chi connectivity index (χ3v) is 4.91. The highest BCUT2D eigenvalue weighted by Gasteiger charge is 2.31. The molecule has 1 atom stereocenters. The summed E-state index contributed by atoms with van der Waals surface area (Å²) in [5.41, 5.74) is 0.769. The number of likely N-dealkylation sites (N-methyl/N-ethyl adjacent to an activating group) is 1. The molecular weight excluding hydrogens is 359 g/mol. The molecule has 1 saturated heterocycles. The summed E-state index contributed by atoms with van der Waals surface area (Å²) in [6.45, 7) is 1.96. The first-order valence-corrected chi connectivity index (χ1v) is 8.62. The summed E-state index contributed by atoms with van der Waals surface area (Å²) in [7, 11) is 2.07. The largest absolute Gasteiger partial charge is 0.507 e. The predicted molar refractivity (Wildman–Crippen MR) is 93.2 cm³/mol. The summed E-state index contributed by atoms with van der Waals surface area (Å²) in [5.74, 6) is -0.494. The van der Waals surface area contributed by atoms with Crippen LogP contribution in [0.5, 0.6) is 5.75 Å². The fourth-order valence-electron chi connectivity index (χ4n) is 3.52. The summed E-state index contributed by atoms with van der Waals surface area (Å²) in [4.78, 5) is 6.62. The Morgan fingerprint density at radius 3 is 2.70 bits per heavy atom. The van der Waals surface area contributed by atoms with Crippen molar-refractivity contribution in [2.75, 3.05) is 20.1 Å². The van der Waals surface area contributed by atoms with Gasteiger partial charge in [-0.2, -0.15) is 13.2 Å². The number of hydrogen-bond acceptors (Lipinski definition) is 5. The van der Waals surface area contributed by atoms with Crippen molar-refractivity contribution in [1.29, 1.82) is 0 Å². The molecule has 1 aromatic carbocycles. The van der Waals surface area contributed by atoms with Crippen LogP contribution in [0, 0.1) is 0 Å². The van der Waals surface area contributed by atoms with E-state index < -0.39 is 17.5 Å². The van der Waals surface area contributed by atoms with E-state index in [4.69, 9.17) is 0 Å². The number of nitrogens with zero attached hydrogens (tertiary/aromatic N) is 5. The quantitative estimate of drug-likeness (QED) is 0.741. The first kappa shape index (κ1) is 17.7. The highest BCUT2D eigenvalue weighted by atomic mass is 19.4. The topological polar surface area (TPSA) is 67.1 Å². The molecule has 0 bridgehead atoms. The van der Waals surface area contributed by atoms with Crippen LogP contribution in [0.1, 0.15) is 24.4 Å². The highest BCUT2D eigenvalue weighted by molar-refractivity contribution is 5.78. The van der Waals surface area contributed by atoms with Crippen LogP contribution in [0.2, 0.25) is 0 Å². The van der Waals surface area contributed by atoms with Gasteiger partial charge in [-0.05, 0) is 50.7 Å². The number of benzene rings is 1. The van der Waals surface area contributed by atoms with Gasteiger partial charge >= 0.3 is 6.18 Å². The van der Waals surface area contributed by atoms with Crippen molar-refractivity contribution >= 4 is 11.2 Å². The number of phenolic OH excluding ortho intramolecular Hbond substituents is 1. The van der Waals surface area contributed by atoms with Crippen molar-refractivity contribution in [3.05, 3.63) is 36.2 Å². The van der Waals surface area contributed by atoms with Gasteiger partial charge < -0.3 is 14.6 Å². The van der Waals surface area contributed by atoms with E-state index in [9.17, 15) is 18.3 Å². The number of likely N-dealkylation sites (tertiary alicyclic amines) is 1. The van der Waals surface area contributed by atoms with Crippen LogP contribution in [0.4, 0.5) is 13.2 Å². The molecular formula is C18H18F3N5O. The van der Waals surface area contributed by atoms with Crippen LogP contribution in [-0.4, -0.2) is 49.9 Å². The van der Waals surface area contributed by atoms with Crippen molar-refractivity contribution in [2.45, 2.75) is 25.1 Å². The second-order valence-corrected chi connectivity index (χ2v) is 6.88. The molecule has 6 nitrogen and oxygen atoms in total. The van der Waals surface area contributed by atoms with E-state index in [1.165, 1.54) is 6.07 Å². The maximum Gasteiger partial charge on any atom is 0.416 e. The van der Waals surface area contributed by atoms with Crippen molar-refractivity contribution in [3.8, 4) is 17.0 Å². The smallest absolute Gasteiger partial charge is 0.416 e. The van der Waals surface area contributed by atoms with Gasteiger partial charge in [-0.1, -0.05) is 0 Å². The van der Waals surface area contributed by atoms with Crippen LogP contribution in [0.15, 0.2) is 30.6 Å². The molecule has 0 saturated carbocycles. The Morgan fingerprint density at radius 1 is 1.19 bits per heavy atom. The van der Waals surface area contributed by atoms with Gasteiger partial charge in [0.25, 0.3) is 0 Å². The Kier molecular flexibility index (Phi) is 4.26. The lowest BCUT2D eigenvalue weighted by molar-refractivity contribution is -0.137. The van der Waals surface area contributed by atoms with Gasteiger partial charge in [0.2, 0.25) is 0 Å². The van der Waals surface area contributed by atoms with Crippen molar-refractivity contribution in [1.82, 2.24) is 24.6 Å². The average molecular weight is 377 g/mol. The molecule has 9 heteroatoms. The molecule has 1 fully saturated rings. The molecule has 4 rings (SSSR count). The molecule has 0 radical (unpaired) electrons. The van der Waals surface area contributed by atoms with Crippen LogP contribution >= 0.6 is 0 Å². The van der Waals surface area contributed by atoms with E-state index in [2.05, 4.69) is 27.1 Å². The summed E-state index contributed by atoms with van der Waals surface area (Å²) in [6, 6.07) is 4.69. The van der Waals surface area contributed by atoms with Crippen molar-refractivity contribution < 1.29 is 18.3 Å². The molecule has 27 heavy (non-hydrogen) atoms. The Hall–Kier alpha value is -2.68. The third-order valence-electron chi connectivity index (χ3n) is 4.91. The third kappa shape index (κ3) is 3.34. The molecule has 3 heterocycles. The van der Waals surface area contributed by atoms with Crippen LogP contribution in [-0.2, 0) is 6.18 Å². The number of hydrogen-bond donors (Lipinski definition) is 1. The molecule has 142 valence electrons. The number of fused-ring (bicyclic) bond motifs is 1. The second kappa shape index (κ2) is 6.49. The number of piperidine rings is 1. The lowest BCUT2D eigenvalue weighted by Gasteiger charge is -2.30. The first-order valence-electron chi connectivity index (χ1n) is 8.62.